The normalized spacial score (nSPS) is 10.8. The van der Waals surface area contributed by atoms with E-state index in [9.17, 15) is 0 Å². The minimum Gasteiger partial charge on any atom is -0.416 e. The van der Waals surface area contributed by atoms with Gasteiger partial charge in [0.2, 0.25) is 11.8 Å². The summed E-state index contributed by atoms with van der Waals surface area (Å²) in [6.45, 7) is 0. The Kier molecular flexibility index (Phi) is 3.66. The Morgan fingerprint density at radius 2 is 1.40 bits per heavy atom. The summed E-state index contributed by atoms with van der Waals surface area (Å²) in [5.41, 5.74) is 1.43. The summed E-state index contributed by atoms with van der Waals surface area (Å²) < 4.78 is 5.62. The number of hydrogen-bond acceptors (Lipinski definition) is 3. The lowest BCUT2D eigenvalue weighted by Crippen LogP contribution is -1.79. The van der Waals surface area contributed by atoms with E-state index in [-0.39, 0.29) is 0 Å². The molecule has 3 aromatic rings. The van der Waals surface area contributed by atoms with Crippen LogP contribution in [-0.2, 0) is 0 Å². The second-order valence-electron chi connectivity index (χ2n) is 4.04. The fourth-order valence-electron chi connectivity index (χ4n) is 1.70. The Morgan fingerprint density at radius 3 is 2.10 bits per heavy atom. The average Bonchev–Trinajstić information content (AvgIpc) is 2.89. The van der Waals surface area contributed by atoms with Gasteiger partial charge in [0.05, 0.1) is 10.6 Å². The zero-order valence-corrected chi connectivity index (χ0v) is 12.2. The lowest BCUT2D eigenvalue weighted by Gasteiger charge is -1.99. The highest BCUT2D eigenvalue weighted by Gasteiger charge is 2.13. The fourth-order valence-corrected chi connectivity index (χ4v) is 2.32. The van der Waals surface area contributed by atoms with Gasteiger partial charge in [-0.05, 0) is 42.5 Å². The van der Waals surface area contributed by atoms with Crippen molar-refractivity contribution in [2.24, 2.45) is 0 Å². The van der Waals surface area contributed by atoms with E-state index in [1.165, 1.54) is 0 Å². The van der Waals surface area contributed by atoms with Crippen LogP contribution in [0.4, 0.5) is 0 Å². The minimum absolute atomic E-state index is 0.344. The van der Waals surface area contributed by atoms with Crippen molar-refractivity contribution in [1.29, 1.82) is 0 Å². The van der Waals surface area contributed by atoms with Gasteiger partial charge in [-0.15, -0.1) is 10.2 Å². The van der Waals surface area contributed by atoms with Gasteiger partial charge in [0.25, 0.3) is 0 Å². The second-order valence-corrected chi connectivity index (χ2v) is 5.32. The van der Waals surface area contributed by atoms with E-state index >= 15 is 0 Å². The molecule has 3 nitrogen and oxygen atoms in total. The van der Waals surface area contributed by atoms with Crippen molar-refractivity contribution < 1.29 is 4.42 Å². The van der Waals surface area contributed by atoms with Gasteiger partial charge in [-0.1, -0.05) is 34.8 Å². The number of halogens is 3. The third-order valence-electron chi connectivity index (χ3n) is 2.68. The maximum Gasteiger partial charge on any atom is 0.249 e. The predicted molar refractivity (Wildman–Crippen MR) is 80.2 cm³/mol. The highest BCUT2D eigenvalue weighted by molar-refractivity contribution is 6.36. The van der Waals surface area contributed by atoms with E-state index in [1.807, 2.05) is 12.1 Å². The van der Waals surface area contributed by atoms with Gasteiger partial charge >= 0.3 is 0 Å². The van der Waals surface area contributed by atoms with Crippen molar-refractivity contribution in [2.75, 3.05) is 0 Å². The molecule has 0 spiro atoms. The number of rotatable bonds is 2. The first-order valence-corrected chi connectivity index (χ1v) is 6.82. The van der Waals surface area contributed by atoms with Crippen molar-refractivity contribution in [3.63, 3.8) is 0 Å². The molecule has 0 radical (unpaired) electrons. The van der Waals surface area contributed by atoms with Gasteiger partial charge < -0.3 is 4.42 Å². The molecule has 0 saturated heterocycles. The highest BCUT2D eigenvalue weighted by Crippen LogP contribution is 2.31. The Balaban J connectivity index is 1.99. The van der Waals surface area contributed by atoms with Gasteiger partial charge in [0.1, 0.15) is 0 Å². The van der Waals surface area contributed by atoms with Crippen LogP contribution in [0.3, 0.4) is 0 Å². The van der Waals surface area contributed by atoms with Crippen molar-refractivity contribution in [2.45, 2.75) is 0 Å². The van der Waals surface area contributed by atoms with Crippen molar-refractivity contribution in [3.05, 3.63) is 57.5 Å². The molecule has 0 aliphatic heterocycles. The average molecular weight is 326 g/mol. The lowest BCUT2D eigenvalue weighted by atomic mass is 10.2. The van der Waals surface area contributed by atoms with Crippen LogP contribution in [0.15, 0.2) is 46.9 Å². The zero-order chi connectivity index (χ0) is 14.1. The Morgan fingerprint density at radius 1 is 0.750 bits per heavy atom. The van der Waals surface area contributed by atoms with Gasteiger partial charge in [0.15, 0.2) is 0 Å². The maximum atomic E-state index is 6.11. The van der Waals surface area contributed by atoms with Crippen LogP contribution in [0.25, 0.3) is 22.9 Å². The number of aromatic nitrogens is 2. The van der Waals surface area contributed by atoms with Crippen LogP contribution in [-0.4, -0.2) is 10.2 Å². The van der Waals surface area contributed by atoms with Crippen LogP contribution < -0.4 is 0 Å². The third kappa shape index (κ3) is 2.66. The summed E-state index contributed by atoms with van der Waals surface area (Å²) >= 11 is 17.8. The standard InChI is InChI=1S/C14H7Cl3N2O/c15-9-3-1-8(2-4-9)13-18-19-14(20-13)11-6-5-10(16)7-12(11)17/h1-7H. The Labute approximate surface area is 130 Å². The summed E-state index contributed by atoms with van der Waals surface area (Å²) in [6.07, 6.45) is 0. The summed E-state index contributed by atoms with van der Waals surface area (Å²) in [7, 11) is 0. The molecule has 0 atom stereocenters. The van der Waals surface area contributed by atoms with Crippen LogP contribution in [0.5, 0.6) is 0 Å². The summed E-state index contributed by atoms with van der Waals surface area (Å²) in [5, 5.41) is 9.66. The van der Waals surface area contributed by atoms with E-state index < -0.39 is 0 Å². The second kappa shape index (κ2) is 5.44. The first-order chi connectivity index (χ1) is 9.63. The monoisotopic (exact) mass is 324 g/mol. The predicted octanol–water partition coefficient (Wildman–Crippen LogP) is 5.36. The lowest BCUT2D eigenvalue weighted by molar-refractivity contribution is 0.584. The SMILES string of the molecule is Clc1ccc(-c2nnc(-c3ccc(Cl)cc3Cl)o2)cc1. The zero-order valence-electron chi connectivity index (χ0n) is 9.98. The molecule has 6 heteroatoms. The van der Waals surface area contributed by atoms with E-state index in [0.29, 0.717) is 32.4 Å². The van der Waals surface area contributed by atoms with E-state index in [2.05, 4.69) is 10.2 Å². The van der Waals surface area contributed by atoms with Crippen molar-refractivity contribution in [1.82, 2.24) is 10.2 Å². The minimum atomic E-state index is 0.344. The molecule has 0 aliphatic carbocycles. The molecule has 20 heavy (non-hydrogen) atoms. The van der Waals surface area contributed by atoms with Gasteiger partial charge in [0, 0.05) is 15.6 Å². The summed E-state index contributed by atoms with van der Waals surface area (Å²) in [4.78, 5) is 0. The molecule has 0 fully saturated rings. The highest BCUT2D eigenvalue weighted by atomic mass is 35.5. The molecule has 0 unspecified atom stereocenters. The molecule has 0 amide bonds. The number of benzene rings is 2. The van der Waals surface area contributed by atoms with Gasteiger partial charge in [-0.3, -0.25) is 0 Å². The first-order valence-electron chi connectivity index (χ1n) is 5.68. The Bertz CT molecular complexity index is 753. The van der Waals surface area contributed by atoms with E-state index in [0.717, 1.165) is 5.56 Å². The molecule has 0 saturated carbocycles. The van der Waals surface area contributed by atoms with E-state index in [4.69, 9.17) is 39.2 Å². The van der Waals surface area contributed by atoms with Crippen LogP contribution in [0, 0.1) is 0 Å². The quantitative estimate of drug-likeness (QED) is 0.636. The van der Waals surface area contributed by atoms with Gasteiger partial charge in [-0.2, -0.15) is 0 Å². The smallest absolute Gasteiger partial charge is 0.249 e. The molecular weight excluding hydrogens is 319 g/mol. The van der Waals surface area contributed by atoms with Crippen LogP contribution in [0.2, 0.25) is 15.1 Å². The maximum absolute atomic E-state index is 6.11. The van der Waals surface area contributed by atoms with Gasteiger partial charge in [-0.25, -0.2) is 0 Å². The molecule has 3 rings (SSSR count). The summed E-state index contributed by atoms with van der Waals surface area (Å²) in [5.74, 6) is 0.749. The summed E-state index contributed by atoms with van der Waals surface area (Å²) in [6, 6.07) is 12.2. The van der Waals surface area contributed by atoms with Crippen LogP contribution in [0.1, 0.15) is 0 Å². The first kappa shape index (κ1) is 13.4. The molecule has 0 N–H and O–H groups in total. The molecule has 1 aromatic heterocycles. The Hall–Kier alpha value is -1.55. The topological polar surface area (TPSA) is 38.9 Å². The number of hydrogen-bond donors (Lipinski definition) is 0. The molecule has 0 aliphatic rings. The fraction of sp³-hybridized carbons (Fsp3) is 0. The molecule has 0 bridgehead atoms. The van der Waals surface area contributed by atoms with Crippen molar-refractivity contribution >= 4 is 34.8 Å². The molecule has 1 heterocycles. The van der Waals surface area contributed by atoms with Crippen LogP contribution >= 0.6 is 34.8 Å². The van der Waals surface area contributed by atoms with E-state index in [1.54, 1.807) is 30.3 Å². The molecule has 100 valence electrons. The largest absolute Gasteiger partial charge is 0.416 e. The molecule has 2 aromatic carbocycles. The number of nitrogens with zero attached hydrogens (tertiary/aromatic N) is 2. The van der Waals surface area contributed by atoms with Crippen molar-refractivity contribution in [3.8, 4) is 22.9 Å². The molecular formula is C14H7Cl3N2O. The third-order valence-corrected chi connectivity index (χ3v) is 3.48.